The van der Waals surface area contributed by atoms with Gasteiger partial charge in [0, 0.05) is 11.8 Å². The van der Waals surface area contributed by atoms with E-state index in [1.165, 1.54) is 0 Å². The Morgan fingerprint density at radius 1 is 1.28 bits per heavy atom. The minimum absolute atomic E-state index is 0.122. The van der Waals surface area contributed by atoms with E-state index < -0.39 is 9.71 Å². The topological polar surface area (TPSA) is 26.3 Å². The normalized spacial score (nSPS) is 13.1. The molecule has 2 nitrogen and oxygen atoms in total. The van der Waals surface area contributed by atoms with E-state index in [2.05, 4.69) is 15.9 Å². The lowest BCUT2D eigenvalue weighted by atomic mass is 10.1. The minimum Gasteiger partial charge on any atom is -0.461 e. The summed E-state index contributed by atoms with van der Waals surface area (Å²) in [5.41, 5.74) is 0.924. The van der Waals surface area contributed by atoms with Crippen molar-refractivity contribution in [3.8, 4) is 0 Å². The largest absolute Gasteiger partial charge is 0.461 e. The minimum atomic E-state index is -1.45. The van der Waals surface area contributed by atoms with Crippen LogP contribution in [-0.2, 0) is 16.1 Å². The number of carbonyl (C=O) groups is 1. The highest BCUT2D eigenvalue weighted by atomic mass is 79.9. The second kappa shape index (κ2) is 7.59. The molecule has 1 unspecified atom stereocenters. The molecule has 0 aromatic heterocycles. The van der Waals surface area contributed by atoms with Crippen LogP contribution in [0.1, 0.15) is 12.0 Å². The first-order valence-corrected chi connectivity index (χ1v) is 7.51. The van der Waals surface area contributed by atoms with Crippen LogP contribution in [0.25, 0.3) is 0 Å². The molecule has 1 atom stereocenters. The number of esters is 1. The summed E-state index contributed by atoms with van der Waals surface area (Å²) in [5, 5.41) is 0.397. The van der Waals surface area contributed by atoms with Gasteiger partial charge >= 0.3 is 5.97 Å². The molecule has 0 aliphatic heterocycles. The molecule has 0 spiro atoms. The maximum atomic E-state index is 11.8. The molecule has 0 fully saturated rings. The van der Waals surface area contributed by atoms with Crippen molar-refractivity contribution in [1.29, 1.82) is 0 Å². The number of rotatable bonds is 5. The van der Waals surface area contributed by atoms with Gasteiger partial charge in [0.15, 0.2) is 3.79 Å². The van der Waals surface area contributed by atoms with Gasteiger partial charge in [-0.1, -0.05) is 81.1 Å². The van der Waals surface area contributed by atoms with Crippen LogP contribution in [0, 0.1) is 5.92 Å². The molecule has 0 aliphatic rings. The summed E-state index contributed by atoms with van der Waals surface area (Å²) < 4.78 is 3.73. The third-order valence-electron chi connectivity index (χ3n) is 2.22. The fraction of sp³-hybridized carbons (Fsp3) is 0.417. The van der Waals surface area contributed by atoms with Crippen LogP contribution in [0.15, 0.2) is 30.3 Å². The molecule has 1 aromatic carbocycles. The van der Waals surface area contributed by atoms with E-state index in [1.54, 1.807) is 0 Å². The lowest BCUT2D eigenvalue weighted by Gasteiger charge is -2.18. The van der Waals surface area contributed by atoms with Gasteiger partial charge < -0.3 is 4.74 Å². The van der Waals surface area contributed by atoms with Crippen molar-refractivity contribution in [1.82, 2.24) is 0 Å². The number of halogens is 4. The summed E-state index contributed by atoms with van der Waals surface area (Å²) in [6.45, 7) is 0.225. The van der Waals surface area contributed by atoms with Crippen molar-refractivity contribution < 1.29 is 9.53 Å². The monoisotopic (exact) mass is 372 g/mol. The second-order valence-electron chi connectivity index (χ2n) is 3.76. The van der Waals surface area contributed by atoms with Crippen LogP contribution in [0.4, 0.5) is 0 Å². The Bertz CT molecular complexity index is 379. The zero-order chi connectivity index (χ0) is 13.6. The lowest BCUT2D eigenvalue weighted by Crippen LogP contribution is -2.24. The lowest BCUT2D eigenvalue weighted by molar-refractivity contribution is -0.149. The third-order valence-corrected chi connectivity index (χ3v) is 3.47. The van der Waals surface area contributed by atoms with E-state index >= 15 is 0 Å². The Balaban J connectivity index is 2.48. The Morgan fingerprint density at radius 2 is 1.89 bits per heavy atom. The van der Waals surface area contributed by atoms with E-state index in [4.69, 9.17) is 39.5 Å². The van der Waals surface area contributed by atoms with Crippen LogP contribution in [0.3, 0.4) is 0 Å². The van der Waals surface area contributed by atoms with Crippen molar-refractivity contribution >= 4 is 56.7 Å². The van der Waals surface area contributed by atoms with E-state index in [1.807, 2.05) is 30.3 Å². The summed E-state index contributed by atoms with van der Waals surface area (Å²) in [6, 6.07) is 9.42. The molecule has 18 heavy (non-hydrogen) atoms. The van der Waals surface area contributed by atoms with Gasteiger partial charge in [0.1, 0.15) is 6.61 Å². The van der Waals surface area contributed by atoms with Crippen LogP contribution < -0.4 is 0 Å². The number of hydrogen-bond acceptors (Lipinski definition) is 2. The van der Waals surface area contributed by atoms with Crippen molar-refractivity contribution in [3.63, 3.8) is 0 Å². The maximum Gasteiger partial charge on any atom is 0.310 e. The molecule has 0 saturated carbocycles. The molecule has 0 saturated heterocycles. The first-order chi connectivity index (χ1) is 8.42. The van der Waals surface area contributed by atoms with Gasteiger partial charge in [-0.3, -0.25) is 4.79 Å². The molecule has 1 aromatic rings. The first kappa shape index (κ1) is 16.1. The van der Waals surface area contributed by atoms with Crippen LogP contribution in [-0.4, -0.2) is 15.1 Å². The molecular weight excluding hydrogens is 362 g/mol. The fourth-order valence-electron chi connectivity index (χ4n) is 1.33. The zero-order valence-electron chi connectivity index (χ0n) is 9.41. The predicted molar refractivity (Wildman–Crippen MR) is 78.4 cm³/mol. The summed E-state index contributed by atoms with van der Waals surface area (Å²) in [6.07, 6.45) is 0.122. The fourth-order valence-corrected chi connectivity index (χ4v) is 2.38. The van der Waals surface area contributed by atoms with Gasteiger partial charge in [-0.05, 0) is 5.56 Å². The van der Waals surface area contributed by atoms with Crippen molar-refractivity contribution in [2.24, 2.45) is 5.92 Å². The summed E-state index contributed by atoms with van der Waals surface area (Å²) in [4.78, 5) is 11.8. The SMILES string of the molecule is O=C(OCc1ccccc1)C(CBr)CC(Cl)(Cl)Cl. The number of carbonyl (C=O) groups excluding carboxylic acids is 1. The van der Waals surface area contributed by atoms with E-state index in [0.717, 1.165) is 5.56 Å². The molecule has 0 amide bonds. The summed E-state index contributed by atoms with van der Waals surface area (Å²) in [7, 11) is 0. The predicted octanol–water partition coefficient (Wildman–Crippen LogP) is 4.50. The highest BCUT2D eigenvalue weighted by Crippen LogP contribution is 2.34. The molecule has 0 heterocycles. The van der Waals surface area contributed by atoms with Crippen molar-refractivity contribution in [2.75, 3.05) is 5.33 Å². The molecule has 6 heteroatoms. The molecule has 100 valence electrons. The quantitative estimate of drug-likeness (QED) is 0.560. The Morgan fingerprint density at radius 3 is 2.39 bits per heavy atom. The second-order valence-corrected chi connectivity index (χ2v) is 6.93. The maximum absolute atomic E-state index is 11.8. The molecule has 1 rings (SSSR count). The first-order valence-electron chi connectivity index (χ1n) is 5.25. The number of ether oxygens (including phenoxy) is 1. The number of benzene rings is 1. The van der Waals surface area contributed by atoms with Gasteiger partial charge in [0.25, 0.3) is 0 Å². The molecule has 0 bridgehead atoms. The van der Waals surface area contributed by atoms with Crippen LogP contribution in [0.5, 0.6) is 0 Å². The standard InChI is InChI=1S/C12H12BrCl3O2/c13-7-10(6-12(14,15)16)11(17)18-8-9-4-2-1-3-5-9/h1-5,10H,6-8H2. The Labute approximate surface area is 130 Å². The zero-order valence-corrected chi connectivity index (χ0v) is 13.3. The highest BCUT2D eigenvalue weighted by Gasteiger charge is 2.30. The Kier molecular flexibility index (Phi) is 6.78. The summed E-state index contributed by atoms with van der Waals surface area (Å²) in [5.74, 6) is -0.844. The molecule has 0 N–H and O–H groups in total. The summed E-state index contributed by atoms with van der Waals surface area (Å²) >= 11 is 20.2. The third kappa shape index (κ3) is 6.28. The molecular formula is C12H12BrCl3O2. The van der Waals surface area contributed by atoms with Crippen molar-refractivity contribution in [3.05, 3.63) is 35.9 Å². The molecule has 0 radical (unpaired) electrons. The number of hydrogen-bond donors (Lipinski definition) is 0. The van der Waals surface area contributed by atoms with Gasteiger partial charge in [0.05, 0.1) is 5.92 Å². The van der Waals surface area contributed by atoms with Crippen LogP contribution >= 0.6 is 50.7 Å². The van der Waals surface area contributed by atoms with E-state index in [0.29, 0.717) is 5.33 Å². The average molecular weight is 374 g/mol. The van der Waals surface area contributed by atoms with E-state index in [-0.39, 0.29) is 19.0 Å². The highest BCUT2D eigenvalue weighted by molar-refractivity contribution is 9.09. The number of alkyl halides is 4. The van der Waals surface area contributed by atoms with Gasteiger partial charge in [-0.25, -0.2) is 0 Å². The Hall–Kier alpha value is 0.0400. The van der Waals surface area contributed by atoms with Gasteiger partial charge in [-0.2, -0.15) is 0 Å². The molecule has 0 aliphatic carbocycles. The van der Waals surface area contributed by atoms with Crippen molar-refractivity contribution in [2.45, 2.75) is 16.8 Å². The van der Waals surface area contributed by atoms with Gasteiger partial charge in [-0.15, -0.1) is 0 Å². The van der Waals surface area contributed by atoms with E-state index in [9.17, 15) is 4.79 Å². The van der Waals surface area contributed by atoms with Gasteiger partial charge in [0.2, 0.25) is 0 Å². The average Bonchev–Trinajstić information content (AvgIpc) is 2.33. The smallest absolute Gasteiger partial charge is 0.310 e. The van der Waals surface area contributed by atoms with Crippen LogP contribution in [0.2, 0.25) is 0 Å².